The van der Waals surface area contributed by atoms with Crippen LogP contribution in [0.4, 0.5) is 0 Å². The number of aromatic hydroxyl groups is 1. The summed E-state index contributed by atoms with van der Waals surface area (Å²) in [5.41, 5.74) is 3.30. The van der Waals surface area contributed by atoms with Crippen LogP contribution >= 0.6 is 0 Å². The zero-order chi connectivity index (χ0) is 14.9. The molecule has 0 aliphatic carbocycles. The van der Waals surface area contributed by atoms with Gasteiger partial charge in [0.05, 0.1) is 6.04 Å². The highest BCUT2D eigenvalue weighted by Crippen LogP contribution is 2.47. The number of rotatable bonds is 5. The maximum atomic E-state index is 10.5. The van der Waals surface area contributed by atoms with Crippen molar-refractivity contribution in [2.24, 2.45) is 5.92 Å². The van der Waals surface area contributed by atoms with Crippen molar-refractivity contribution in [2.75, 3.05) is 7.05 Å². The van der Waals surface area contributed by atoms with Crippen LogP contribution in [0.25, 0.3) is 0 Å². The van der Waals surface area contributed by atoms with E-state index in [4.69, 9.17) is 4.84 Å². The normalized spacial score (nSPS) is 18.4. The number of phenolic OH excluding ortho intramolecular Hbond substituents is 1. The SMILES string of the molecule is CCCc1cc2c(c(CCC)c1O)ON(C)C2C(C)C. The van der Waals surface area contributed by atoms with Crippen molar-refractivity contribution < 1.29 is 9.94 Å². The van der Waals surface area contributed by atoms with E-state index in [0.717, 1.165) is 42.6 Å². The van der Waals surface area contributed by atoms with Crippen molar-refractivity contribution in [1.29, 1.82) is 0 Å². The van der Waals surface area contributed by atoms with E-state index in [9.17, 15) is 5.11 Å². The number of benzene rings is 1. The number of fused-ring (bicyclic) bond motifs is 1. The molecule has 0 saturated carbocycles. The molecule has 0 radical (unpaired) electrons. The van der Waals surface area contributed by atoms with Crippen molar-refractivity contribution in [2.45, 2.75) is 59.4 Å². The molecular formula is C17H27NO2. The molecule has 1 atom stereocenters. The Morgan fingerprint density at radius 3 is 2.45 bits per heavy atom. The maximum absolute atomic E-state index is 10.5. The van der Waals surface area contributed by atoms with Gasteiger partial charge in [0.1, 0.15) is 5.75 Å². The fourth-order valence-corrected chi connectivity index (χ4v) is 3.24. The standard InChI is InChI=1S/C17H27NO2/c1-6-8-12-10-14-15(11(3)4)18(5)20-17(14)13(9-7-2)16(12)19/h10-11,15,19H,6-9H2,1-5H3. The first-order valence-corrected chi connectivity index (χ1v) is 7.79. The Kier molecular flexibility index (Phi) is 4.59. The number of hydrogen-bond acceptors (Lipinski definition) is 3. The van der Waals surface area contributed by atoms with Gasteiger partial charge in [0, 0.05) is 18.2 Å². The molecule has 0 fully saturated rings. The Hall–Kier alpha value is -1.22. The Bertz CT molecular complexity index is 482. The molecular weight excluding hydrogens is 250 g/mol. The lowest BCUT2D eigenvalue weighted by atomic mass is 9.90. The van der Waals surface area contributed by atoms with Gasteiger partial charge in [-0.15, -0.1) is 5.06 Å². The van der Waals surface area contributed by atoms with Crippen LogP contribution in [-0.4, -0.2) is 17.2 Å². The average molecular weight is 277 g/mol. The van der Waals surface area contributed by atoms with Crippen LogP contribution in [0, 0.1) is 5.92 Å². The molecule has 1 aliphatic rings. The van der Waals surface area contributed by atoms with Gasteiger partial charge in [-0.25, -0.2) is 0 Å². The third-order valence-electron chi connectivity index (χ3n) is 4.05. The van der Waals surface area contributed by atoms with Gasteiger partial charge in [-0.05, 0) is 30.4 Å². The maximum Gasteiger partial charge on any atom is 0.159 e. The summed E-state index contributed by atoms with van der Waals surface area (Å²) in [6.45, 7) is 8.71. The van der Waals surface area contributed by atoms with Gasteiger partial charge in [0.25, 0.3) is 0 Å². The highest BCUT2D eigenvalue weighted by atomic mass is 16.7. The minimum atomic E-state index is 0.275. The zero-order valence-electron chi connectivity index (χ0n) is 13.4. The van der Waals surface area contributed by atoms with E-state index in [1.54, 1.807) is 0 Å². The van der Waals surface area contributed by atoms with Gasteiger partial charge in [-0.1, -0.05) is 40.5 Å². The number of phenols is 1. The second kappa shape index (κ2) is 6.04. The largest absolute Gasteiger partial charge is 0.507 e. The lowest BCUT2D eigenvalue weighted by Gasteiger charge is -2.21. The summed E-state index contributed by atoms with van der Waals surface area (Å²) >= 11 is 0. The lowest BCUT2D eigenvalue weighted by Crippen LogP contribution is -2.24. The van der Waals surface area contributed by atoms with E-state index in [-0.39, 0.29) is 6.04 Å². The molecule has 1 aromatic rings. The second-order valence-corrected chi connectivity index (χ2v) is 6.11. The van der Waals surface area contributed by atoms with Crippen molar-refractivity contribution in [1.82, 2.24) is 5.06 Å². The molecule has 2 rings (SSSR count). The molecule has 20 heavy (non-hydrogen) atoms. The third kappa shape index (κ3) is 2.51. The Labute approximate surface area is 122 Å². The number of aryl methyl sites for hydroxylation is 1. The molecule has 1 unspecified atom stereocenters. The summed E-state index contributed by atoms with van der Waals surface area (Å²) in [6.07, 6.45) is 3.84. The predicted molar refractivity (Wildman–Crippen MR) is 82.1 cm³/mol. The fourth-order valence-electron chi connectivity index (χ4n) is 3.24. The van der Waals surface area contributed by atoms with Crippen molar-refractivity contribution in [3.05, 3.63) is 22.8 Å². The molecule has 0 aromatic heterocycles. The highest BCUT2D eigenvalue weighted by Gasteiger charge is 2.35. The van der Waals surface area contributed by atoms with Crippen LogP contribution in [0.5, 0.6) is 11.5 Å². The molecule has 1 aromatic carbocycles. The van der Waals surface area contributed by atoms with Crippen LogP contribution in [0.1, 0.15) is 63.3 Å². The first-order valence-electron chi connectivity index (χ1n) is 7.79. The Morgan fingerprint density at radius 1 is 1.25 bits per heavy atom. The second-order valence-electron chi connectivity index (χ2n) is 6.11. The number of hydrogen-bond donors (Lipinski definition) is 1. The van der Waals surface area contributed by atoms with Crippen LogP contribution in [0.2, 0.25) is 0 Å². The van der Waals surface area contributed by atoms with E-state index >= 15 is 0 Å². The van der Waals surface area contributed by atoms with E-state index in [0.29, 0.717) is 11.7 Å². The minimum Gasteiger partial charge on any atom is -0.507 e. The predicted octanol–water partition coefficient (Wildman–Crippen LogP) is 4.23. The highest BCUT2D eigenvalue weighted by molar-refractivity contribution is 5.56. The van der Waals surface area contributed by atoms with E-state index in [1.165, 1.54) is 5.56 Å². The van der Waals surface area contributed by atoms with Gasteiger partial charge in [-0.2, -0.15) is 0 Å². The third-order valence-corrected chi connectivity index (χ3v) is 4.05. The summed E-state index contributed by atoms with van der Waals surface area (Å²) < 4.78 is 0. The summed E-state index contributed by atoms with van der Waals surface area (Å²) in [6, 6.07) is 2.43. The van der Waals surface area contributed by atoms with E-state index in [1.807, 2.05) is 12.1 Å². The van der Waals surface area contributed by atoms with Crippen LogP contribution < -0.4 is 4.84 Å². The molecule has 0 saturated heterocycles. The smallest absolute Gasteiger partial charge is 0.159 e. The lowest BCUT2D eigenvalue weighted by molar-refractivity contribution is -0.0583. The van der Waals surface area contributed by atoms with Crippen LogP contribution in [0.3, 0.4) is 0 Å². The van der Waals surface area contributed by atoms with E-state index in [2.05, 4.69) is 33.8 Å². The van der Waals surface area contributed by atoms with Crippen molar-refractivity contribution in [3.8, 4) is 11.5 Å². The molecule has 3 nitrogen and oxygen atoms in total. The van der Waals surface area contributed by atoms with Gasteiger partial charge in [0.2, 0.25) is 0 Å². The van der Waals surface area contributed by atoms with Crippen molar-refractivity contribution in [3.63, 3.8) is 0 Å². The zero-order valence-corrected chi connectivity index (χ0v) is 13.4. The Balaban J connectivity index is 2.57. The number of hydroxylamine groups is 2. The quantitative estimate of drug-likeness (QED) is 0.874. The Morgan fingerprint density at radius 2 is 1.90 bits per heavy atom. The molecule has 1 heterocycles. The molecule has 1 aliphatic heterocycles. The van der Waals surface area contributed by atoms with Gasteiger partial charge in [-0.3, -0.25) is 0 Å². The summed E-state index contributed by atoms with van der Waals surface area (Å²) in [7, 11) is 1.98. The number of nitrogens with zero attached hydrogens (tertiary/aromatic N) is 1. The van der Waals surface area contributed by atoms with Gasteiger partial charge < -0.3 is 9.94 Å². The van der Waals surface area contributed by atoms with Crippen molar-refractivity contribution >= 4 is 0 Å². The first kappa shape index (κ1) is 15.2. The molecule has 0 amide bonds. The summed E-state index contributed by atoms with van der Waals surface area (Å²) in [5.74, 6) is 1.82. The fraction of sp³-hybridized carbons (Fsp3) is 0.647. The topological polar surface area (TPSA) is 32.7 Å². The summed E-state index contributed by atoms with van der Waals surface area (Å²) in [5, 5.41) is 12.5. The average Bonchev–Trinajstić information content (AvgIpc) is 2.71. The molecule has 112 valence electrons. The molecule has 0 spiro atoms. The van der Waals surface area contributed by atoms with Gasteiger partial charge in [0.15, 0.2) is 5.75 Å². The van der Waals surface area contributed by atoms with Crippen LogP contribution in [0.15, 0.2) is 6.07 Å². The molecule has 3 heteroatoms. The minimum absolute atomic E-state index is 0.275. The van der Waals surface area contributed by atoms with Crippen LogP contribution in [-0.2, 0) is 12.8 Å². The monoisotopic (exact) mass is 277 g/mol. The molecule has 1 N–H and O–H groups in total. The van der Waals surface area contributed by atoms with E-state index < -0.39 is 0 Å². The summed E-state index contributed by atoms with van der Waals surface area (Å²) in [4.78, 5) is 5.95. The molecule has 0 bridgehead atoms. The van der Waals surface area contributed by atoms with Gasteiger partial charge >= 0.3 is 0 Å². The first-order chi connectivity index (χ1) is 9.51.